The van der Waals surface area contributed by atoms with E-state index in [2.05, 4.69) is 15.9 Å². The molecule has 0 rings (SSSR count). The first kappa shape index (κ1) is 25.2. The van der Waals surface area contributed by atoms with Crippen LogP contribution in [0.1, 0.15) is 0 Å². The topological polar surface area (TPSA) is 73.8 Å². The van der Waals surface area contributed by atoms with Crippen molar-refractivity contribution in [1.29, 1.82) is 0 Å². The minimum Gasteiger partial charge on any atom is -0.378 e. The van der Waals surface area contributed by atoms with Gasteiger partial charge in [0.2, 0.25) is 0 Å². The summed E-state index contributed by atoms with van der Waals surface area (Å²) >= 11 is 3.29. The lowest BCUT2D eigenvalue weighted by Crippen LogP contribution is -2.21. The molecule has 152 valence electrons. The van der Waals surface area contributed by atoms with E-state index in [1.165, 1.54) is 0 Å². The quantitative estimate of drug-likeness (QED) is 0.151. The Morgan fingerprint density at radius 2 is 0.840 bits per heavy atom. The Hall–Kier alpha value is 0.160. The second-order valence-corrected chi connectivity index (χ2v) is 5.52. The molecule has 8 nitrogen and oxygen atoms in total. The van der Waals surface area contributed by atoms with Gasteiger partial charge in [-0.15, -0.1) is 0 Å². The highest BCUT2D eigenvalue weighted by Gasteiger charge is 2.03. The summed E-state index contributed by atoms with van der Waals surface area (Å²) in [5.74, 6) is 0. The second kappa shape index (κ2) is 22.2. The van der Waals surface area contributed by atoms with E-state index >= 15 is 0 Å². The van der Waals surface area contributed by atoms with Gasteiger partial charge in [-0.3, -0.25) is 0 Å². The Kier molecular flexibility index (Phi) is 22.3. The zero-order chi connectivity index (χ0) is 18.4. The molecule has 0 N–H and O–H groups in total. The molecule has 0 atom stereocenters. The molecule has 9 heteroatoms. The van der Waals surface area contributed by atoms with Crippen LogP contribution >= 0.6 is 15.9 Å². The predicted octanol–water partition coefficient (Wildman–Crippen LogP) is 1.10. The molecule has 0 aliphatic heterocycles. The van der Waals surface area contributed by atoms with Crippen LogP contribution < -0.4 is 0 Å². The van der Waals surface area contributed by atoms with E-state index in [9.17, 15) is 0 Å². The van der Waals surface area contributed by atoms with Crippen molar-refractivity contribution in [2.24, 2.45) is 0 Å². The predicted molar refractivity (Wildman–Crippen MR) is 96.5 cm³/mol. The Morgan fingerprint density at radius 1 is 0.520 bits per heavy atom. The minimum atomic E-state index is -0.332. The van der Waals surface area contributed by atoms with E-state index < -0.39 is 0 Å². The molecule has 0 saturated heterocycles. The van der Waals surface area contributed by atoms with Gasteiger partial charge in [0.25, 0.3) is 0 Å². The maximum absolute atomic E-state index is 5.39. The maximum Gasteiger partial charge on any atom is 0.180 e. The van der Waals surface area contributed by atoms with Crippen molar-refractivity contribution < 1.29 is 37.9 Å². The molecule has 25 heavy (non-hydrogen) atoms. The van der Waals surface area contributed by atoms with Gasteiger partial charge < -0.3 is 37.9 Å². The van der Waals surface area contributed by atoms with Crippen LogP contribution in [0, 0.1) is 0 Å². The molecule has 0 aromatic carbocycles. The number of rotatable bonds is 21. The van der Waals surface area contributed by atoms with Gasteiger partial charge in [0.1, 0.15) is 0 Å². The van der Waals surface area contributed by atoms with Gasteiger partial charge in [-0.2, -0.15) is 0 Å². The molecule has 0 heterocycles. The average molecular weight is 433 g/mol. The summed E-state index contributed by atoms with van der Waals surface area (Å²) in [7, 11) is 3.15. The third-order valence-corrected chi connectivity index (χ3v) is 3.18. The molecule has 0 bridgehead atoms. The molecule has 0 aliphatic rings. The summed E-state index contributed by atoms with van der Waals surface area (Å²) < 4.78 is 42.1. The number of halogens is 1. The highest BCUT2D eigenvalue weighted by molar-refractivity contribution is 9.09. The van der Waals surface area contributed by atoms with E-state index in [0.717, 1.165) is 5.33 Å². The third-order valence-electron chi connectivity index (χ3n) is 2.86. The van der Waals surface area contributed by atoms with Gasteiger partial charge in [0, 0.05) is 19.5 Å². The lowest BCUT2D eigenvalue weighted by atomic mass is 10.6. The zero-order valence-electron chi connectivity index (χ0n) is 15.4. The summed E-state index contributed by atoms with van der Waals surface area (Å²) in [5.41, 5.74) is 0. The molecular weight excluding hydrogens is 400 g/mol. The van der Waals surface area contributed by atoms with E-state index in [1.807, 2.05) is 0 Å². The lowest BCUT2D eigenvalue weighted by molar-refractivity contribution is -0.143. The summed E-state index contributed by atoms with van der Waals surface area (Å²) in [6.45, 7) is 6.55. The van der Waals surface area contributed by atoms with Crippen molar-refractivity contribution >= 4 is 15.9 Å². The number of hydrogen-bond donors (Lipinski definition) is 0. The number of ether oxygens (including phenoxy) is 8. The Bertz CT molecular complexity index is 244. The summed E-state index contributed by atoms with van der Waals surface area (Å²) in [6, 6.07) is 0. The Morgan fingerprint density at radius 3 is 1.16 bits per heavy atom. The molecule has 0 fully saturated rings. The number of methoxy groups -OCH3 is 2. The van der Waals surface area contributed by atoms with Crippen LogP contribution in [-0.4, -0.2) is 105 Å². The standard InChI is InChI=1S/C16H33BrO8/c1-18-16(19-2)15-25-14-13-24-12-11-23-10-9-22-8-7-21-6-5-20-4-3-17/h16H,3-15H2,1-2H3. The van der Waals surface area contributed by atoms with Crippen LogP contribution in [0.2, 0.25) is 0 Å². The van der Waals surface area contributed by atoms with Gasteiger partial charge in [-0.25, -0.2) is 0 Å². The average Bonchev–Trinajstić information content (AvgIpc) is 2.64. The SMILES string of the molecule is COC(COCCOCCOCCOCCOCCOCCBr)OC. The third kappa shape index (κ3) is 20.3. The van der Waals surface area contributed by atoms with Gasteiger partial charge in [-0.05, 0) is 0 Å². The smallest absolute Gasteiger partial charge is 0.180 e. The highest BCUT2D eigenvalue weighted by Crippen LogP contribution is 1.92. The van der Waals surface area contributed by atoms with Crippen LogP contribution in [0.25, 0.3) is 0 Å². The van der Waals surface area contributed by atoms with E-state index in [0.29, 0.717) is 79.3 Å². The monoisotopic (exact) mass is 432 g/mol. The van der Waals surface area contributed by atoms with Gasteiger partial charge in [0.05, 0.1) is 79.3 Å². The summed E-state index contributed by atoms with van der Waals surface area (Å²) in [4.78, 5) is 0. The van der Waals surface area contributed by atoms with Crippen LogP contribution in [0.5, 0.6) is 0 Å². The van der Waals surface area contributed by atoms with Crippen molar-refractivity contribution in [3.05, 3.63) is 0 Å². The van der Waals surface area contributed by atoms with Gasteiger partial charge in [-0.1, -0.05) is 15.9 Å². The molecule has 0 radical (unpaired) electrons. The van der Waals surface area contributed by atoms with Gasteiger partial charge in [0.15, 0.2) is 6.29 Å². The van der Waals surface area contributed by atoms with Crippen molar-refractivity contribution in [2.45, 2.75) is 6.29 Å². The summed E-state index contributed by atoms with van der Waals surface area (Å²) in [5, 5.41) is 0.845. The fourth-order valence-corrected chi connectivity index (χ4v) is 1.79. The van der Waals surface area contributed by atoms with Crippen molar-refractivity contribution in [3.63, 3.8) is 0 Å². The first-order valence-corrected chi connectivity index (χ1v) is 9.55. The second-order valence-electron chi connectivity index (χ2n) is 4.73. The maximum atomic E-state index is 5.39. The van der Waals surface area contributed by atoms with Crippen LogP contribution in [-0.2, 0) is 37.9 Å². The van der Waals surface area contributed by atoms with Gasteiger partial charge >= 0.3 is 0 Å². The molecule has 0 amide bonds. The van der Waals surface area contributed by atoms with E-state index in [1.54, 1.807) is 14.2 Å². The molecule has 0 aliphatic carbocycles. The first-order valence-electron chi connectivity index (χ1n) is 8.43. The number of hydrogen-bond acceptors (Lipinski definition) is 8. The van der Waals surface area contributed by atoms with Crippen molar-refractivity contribution in [2.75, 3.05) is 98.8 Å². The molecule has 0 unspecified atom stereocenters. The fourth-order valence-electron chi connectivity index (χ4n) is 1.57. The van der Waals surface area contributed by atoms with Crippen LogP contribution in [0.15, 0.2) is 0 Å². The minimum absolute atomic E-state index is 0.332. The Labute approximate surface area is 159 Å². The number of alkyl halides is 1. The molecule has 0 spiro atoms. The van der Waals surface area contributed by atoms with Crippen LogP contribution in [0.4, 0.5) is 0 Å². The first-order chi connectivity index (χ1) is 12.3. The lowest BCUT2D eigenvalue weighted by Gasteiger charge is -2.13. The fraction of sp³-hybridized carbons (Fsp3) is 1.00. The highest BCUT2D eigenvalue weighted by atomic mass is 79.9. The normalized spacial score (nSPS) is 11.5. The van der Waals surface area contributed by atoms with Crippen molar-refractivity contribution in [1.82, 2.24) is 0 Å². The summed E-state index contributed by atoms with van der Waals surface area (Å²) in [6.07, 6.45) is -0.332. The Balaban J connectivity index is 3.03. The van der Waals surface area contributed by atoms with E-state index in [-0.39, 0.29) is 6.29 Å². The van der Waals surface area contributed by atoms with Crippen LogP contribution in [0.3, 0.4) is 0 Å². The largest absolute Gasteiger partial charge is 0.378 e. The van der Waals surface area contributed by atoms with Crippen molar-refractivity contribution in [3.8, 4) is 0 Å². The molecule has 0 aromatic rings. The molecule has 0 saturated carbocycles. The molecular formula is C16H33BrO8. The molecule has 0 aromatic heterocycles. The zero-order valence-corrected chi connectivity index (χ0v) is 17.0. The van der Waals surface area contributed by atoms with E-state index in [4.69, 9.17) is 37.9 Å².